The summed E-state index contributed by atoms with van der Waals surface area (Å²) in [5.41, 5.74) is 0.263. The van der Waals surface area contributed by atoms with E-state index in [2.05, 4.69) is 11.8 Å². The highest BCUT2D eigenvalue weighted by atomic mass is 19.4. The zero-order valence-corrected chi connectivity index (χ0v) is 14.9. The van der Waals surface area contributed by atoms with E-state index in [-0.39, 0.29) is 11.3 Å². The van der Waals surface area contributed by atoms with Crippen molar-refractivity contribution < 1.29 is 17.9 Å². The van der Waals surface area contributed by atoms with Gasteiger partial charge in [-0.2, -0.15) is 13.2 Å². The van der Waals surface area contributed by atoms with Crippen molar-refractivity contribution in [3.63, 3.8) is 0 Å². The van der Waals surface area contributed by atoms with Crippen LogP contribution in [0.3, 0.4) is 0 Å². The van der Waals surface area contributed by atoms with Crippen molar-refractivity contribution in [2.75, 3.05) is 39.8 Å². The molecule has 3 rings (SSSR count). The van der Waals surface area contributed by atoms with Crippen LogP contribution in [0.1, 0.15) is 45.4 Å². The average molecular weight is 348 g/mol. The van der Waals surface area contributed by atoms with Crippen molar-refractivity contribution in [3.8, 4) is 0 Å². The summed E-state index contributed by atoms with van der Waals surface area (Å²) in [5.74, 6) is -0.241. The Morgan fingerprint density at radius 2 is 1.67 bits per heavy atom. The minimum atomic E-state index is -4.11. The van der Waals surface area contributed by atoms with E-state index in [1.165, 1.54) is 0 Å². The van der Waals surface area contributed by atoms with Crippen molar-refractivity contribution >= 4 is 0 Å². The maximum Gasteiger partial charge on any atom is 0.404 e. The SMILES string of the molecule is CCN1CCC(C(N2CCC3(CC2)CC(OC)C3)C(F)(F)F)CC1. The van der Waals surface area contributed by atoms with E-state index in [1.807, 2.05) is 0 Å². The van der Waals surface area contributed by atoms with Crippen LogP contribution in [0.25, 0.3) is 0 Å². The van der Waals surface area contributed by atoms with Gasteiger partial charge in [-0.3, -0.25) is 4.90 Å². The second-order valence-electron chi connectivity index (χ2n) is 8.06. The van der Waals surface area contributed by atoms with Crippen molar-refractivity contribution in [2.45, 2.75) is 63.8 Å². The van der Waals surface area contributed by atoms with Crippen LogP contribution in [0, 0.1) is 11.3 Å². The molecule has 24 heavy (non-hydrogen) atoms. The largest absolute Gasteiger partial charge is 0.404 e. The Balaban J connectivity index is 1.59. The molecule has 1 aliphatic carbocycles. The first kappa shape index (κ1) is 18.5. The van der Waals surface area contributed by atoms with Crippen LogP contribution < -0.4 is 0 Å². The summed E-state index contributed by atoms with van der Waals surface area (Å²) >= 11 is 0. The third kappa shape index (κ3) is 3.75. The number of halogens is 3. The molecule has 1 spiro atoms. The minimum absolute atomic E-state index is 0.241. The molecule has 1 atom stereocenters. The highest BCUT2D eigenvalue weighted by molar-refractivity contribution is 5.00. The predicted octanol–water partition coefficient (Wildman–Crippen LogP) is 3.54. The third-order valence-corrected chi connectivity index (χ3v) is 6.77. The summed E-state index contributed by atoms with van der Waals surface area (Å²) in [4.78, 5) is 4.01. The first-order chi connectivity index (χ1) is 11.4. The smallest absolute Gasteiger partial charge is 0.381 e. The van der Waals surface area contributed by atoms with E-state index < -0.39 is 12.2 Å². The summed E-state index contributed by atoms with van der Waals surface area (Å²) in [6.07, 6.45) is 1.41. The minimum Gasteiger partial charge on any atom is -0.381 e. The number of methoxy groups -OCH3 is 1. The molecule has 0 N–H and O–H groups in total. The summed E-state index contributed by atoms with van der Waals surface area (Å²) in [7, 11) is 1.73. The highest BCUT2D eigenvalue weighted by Crippen LogP contribution is 2.51. The fourth-order valence-electron chi connectivity index (χ4n) is 5.11. The third-order valence-electron chi connectivity index (χ3n) is 6.77. The summed E-state index contributed by atoms with van der Waals surface area (Å²) in [6.45, 7) is 5.82. The molecule has 0 radical (unpaired) electrons. The van der Waals surface area contributed by atoms with Gasteiger partial charge in [0, 0.05) is 7.11 Å². The zero-order valence-electron chi connectivity index (χ0n) is 14.9. The summed E-state index contributed by atoms with van der Waals surface area (Å²) in [5, 5.41) is 0. The van der Waals surface area contributed by atoms with E-state index in [9.17, 15) is 13.2 Å². The van der Waals surface area contributed by atoms with Gasteiger partial charge in [0.2, 0.25) is 0 Å². The molecule has 1 saturated carbocycles. The fourth-order valence-corrected chi connectivity index (χ4v) is 5.11. The first-order valence-corrected chi connectivity index (χ1v) is 9.43. The van der Waals surface area contributed by atoms with Gasteiger partial charge in [-0.1, -0.05) is 6.92 Å². The normalized spacial score (nSPS) is 28.9. The van der Waals surface area contributed by atoms with E-state index in [4.69, 9.17) is 4.74 Å². The topological polar surface area (TPSA) is 15.7 Å². The van der Waals surface area contributed by atoms with E-state index in [0.717, 1.165) is 45.3 Å². The Morgan fingerprint density at radius 1 is 1.08 bits per heavy atom. The molecule has 140 valence electrons. The molecule has 2 aliphatic heterocycles. The zero-order chi connectivity index (χ0) is 17.4. The van der Waals surface area contributed by atoms with Crippen molar-refractivity contribution in [3.05, 3.63) is 0 Å². The summed E-state index contributed by atoms with van der Waals surface area (Å²) in [6, 6.07) is -1.24. The van der Waals surface area contributed by atoms with Gasteiger partial charge in [0.1, 0.15) is 6.04 Å². The van der Waals surface area contributed by atoms with Gasteiger partial charge in [0.25, 0.3) is 0 Å². The van der Waals surface area contributed by atoms with Gasteiger partial charge < -0.3 is 9.64 Å². The van der Waals surface area contributed by atoms with Crippen molar-refractivity contribution in [1.82, 2.24) is 9.80 Å². The monoisotopic (exact) mass is 348 g/mol. The lowest BCUT2D eigenvalue weighted by Crippen LogP contribution is -2.58. The number of hydrogen-bond donors (Lipinski definition) is 0. The maximum absolute atomic E-state index is 13.8. The first-order valence-electron chi connectivity index (χ1n) is 9.43. The average Bonchev–Trinajstić information content (AvgIpc) is 2.53. The van der Waals surface area contributed by atoms with Crippen LogP contribution in [-0.4, -0.2) is 68.0 Å². The van der Waals surface area contributed by atoms with Gasteiger partial charge >= 0.3 is 6.18 Å². The highest BCUT2D eigenvalue weighted by Gasteiger charge is 2.52. The Hall–Kier alpha value is -0.330. The quantitative estimate of drug-likeness (QED) is 0.773. The molecule has 0 bridgehead atoms. The molecule has 3 nitrogen and oxygen atoms in total. The lowest BCUT2D eigenvalue weighted by molar-refractivity contribution is -0.211. The lowest BCUT2D eigenvalue weighted by Gasteiger charge is -2.53. The van der Waals surface area contributed by atoms with Crippen LogP contribution >= 0.6 is 0 Å². The second kappa shape index (κ2) is 7.12. The van der Waals surface area contributed by atoms with Crippen LogP contribution in [0.5, 0.6) is 0 Å². The van der Waals surface area contributed by atoms with E-state index in [1.54, 1.807) is 12.0 Å². The number of hydrogen-bond acceptors (Lipinski definition) is 3. The van der Waals surface area contributed by atoms with Gasteiger partial charge in [-0.15, -0.1) is 0 Å². The molecule has 2 saturated heterocycles. The second-order valence-corrected chi connectivity index (χ2v) is 8.06. The van der Waals surface area contributed by atoms with Crippen LogP contribution in [-0.2, 0) is 4.74 Å². The number of ether oxygens (including phenoxy) is 1. The lowest BCUT2D eigenvalue weighted by atomic mass is 9.61. The van der Waals surface area contributed by atoms with Gasteiger partial charge in [-0.25, -0.2) is 0 Å². The van der Waals surface area contributed by atoms with E-state index >= 15 is 0 Å². The number of likely N-dealkylation sites (tertiary alicyclic amines) is 2. The standard InChI is InChI=1S/C18H31F3N2O/c1-3-22-8-4-14(5-9-22)16(18(19,20)21)23-10-6-17(7-11-23)12-15(13-17)24-2/h14-16H,3-13H2,1-2H3. The van der Waals surface area contributed by atoms with Gasteiger partial charge in [-0.05, 0) is 82.6 Å². The Labute approximate surface area is 143 Å². The van der Waals surface area contributed by atoms with Crippen LogP contribution in [0.2, 0.25) is 0 Å². The maximum atomic E-state index is 13.8. The Morgan fingerprint density at radius 3 is 2.12 bits per heavy atom. The number of piperidine rings is 2. The molecular formula is C18H31F3N2O. The van der Waals surface area contributed by atoms with Crippen molar-refractivity contribution in [2.24, 2.45) is 11.3 Å². The Bertz CT molecular complexity index is 405. The molecule has 3 aliphatic rings. The number of nitrogens with zero attached hydrogens (tertiary/aromatic N) is 2. The van der Waals surface area contributed by atoms with Crippen LogP contribution in [0.15, 0.2) is 0 Å². The van der Waals surface area contributed by atoms with Crippen LogP contribution in [0.4, 0.5) is 13.2 Å². The van der Waals surface area contributed by atoms with Gasteiger partial charge in [0.05, 0.1) is 6.10 Å². The van der Waals surface area contributed by atoms with Gasteiger partial charge in [0.15, 0.2) is 0 Å². The van der Waals surface area contributed by atoms with Crippen molar-refractivity contribution in [1.29, 1.82) is 0 Å². The molecule has 0 amide bonds. The molecule has 0 aromatic rings. The molecule has 1 unspecified atom stereocenters. The molecular weight excluding hydrogens is 317 g/mol. The number of alkyl halides is 3. The predicted molar refractivity (Wildman–Crippen MR) is 88.0 cm³/mol. The number of rotatable bonds is 4. The molecule has 0 aromatic heterocycles. The Kier molecular flexibility index (Phi) is 5.48. The fraction of sp³-hybridized carbons (Fsp3) is 1.00. The molecule has 3 fully saturated rings. The molecule has 0 aromatic carbocycles. The molecule has 2 heterocycles. The van der Waals surface area contributed by atoms with E-state index in [0.29, 0.717) is 32.0 Å². The molecule has 6 heteroatoms. The summed E-state index contributed by atoms with van der Waals surface area (Å²) < 4.78 is 46.8.